The zero-order chi connectivity index (χ0) is 25.2. The van der Waals surface area contributed by atoms with E-state index < -0.39 is 0 Å². The van der Waals surface area contributed by atoms with E-state index in [0.717, 1.165) is 33.5 Å². The van der Waals surface area contributed by atoms with Crippen molar-refractivity contribution in [1.29, 1.82) is 0 Å². The number of hydrogen-bond donors (Lipinski definition) is 0. The Balaban J connectivity index is 1.41. The van der Waals surface area contributed by atoms with Crippen LogP contribution in [0.15, 0.2) is 67.0 Å². The number of imidazole rings is 1. The van der Waals surface area contributed by atoms with Gasteiger partial charge in [-0.25, -0.2) is 4.98 Å². The highest BCUT2D eigenvalue weighted by Crippen LogP contribution is 2.37. The van der Waals surface area contributed by atoms with E-state index in [1.54, 1.807) is 20.5 Å². The number of benzene rings is 3. The molecule has 0 saturated carbocycles. The smallest absolute Gasteiger partial charge is 0.223 e. The number of likely N-dealkylation sites (tertiary alicyclic amines) is 1. The van der Waals surface area contributed by atoms with Crippen molar-refractivity contribution in [2.45, 2.75) is 26.0 Å². The molecular formula is C29H31N3O4. The van der Waals surface area contributed by atoms with Gasteiger partial charge in [0.2, 0.25) is 5.91 Å². The summed E-state index contributed by atoms with van der Waals surface area (Å²) in [6.45, 7) is 3.36. The molecule has 0 aliphatic carbocycles. The Morgan fingerprint density at radius 3 is 2.47 bits per heavy atom. The number of carbonyl (C=O) groups excluding carboxylic acids is 1. The van der Waals surface area contributed by atoms with Crippen LogP contribution in [0.3, 0.4) is 0 Å². The topological polar surface area (TPSA) is 65.8 Å². The molecule has 0 radical (unpaired) electrons. The molecular weight excluding hydrogens is 454 g/mol. The lowest BCUT2D eigenvalue weighted by molar-refractivity contribution is -0.128. The molecule has 4 aromatic rings. The first-order valence-electron chi connectivity index (χ1n) is 12.1. The number of nitrogens with zero attached hydrogens (tertiary/aromatic N) is 3. The van der Waals surface area contributed by atoms with Crippen molar-refractivity contribution >= 4 is 16.9 Å². The molecule has 1 aliphatic rings. The van der Waals surface area contributed by atoms with Gasteiger partial charge in [0.1, 0.15) is 17.4 Å². The molecule has 0 bridgehead atoms. The Labute approximate surface area is 211 Å². The van der Waals surface area contributed by atoms with Crippen LogP contribution in [0.4, 0.5) is 0 Å². The zero-order valence-corrected chi connectivity index (χ0v) is 21.1. The van der Waals surface area contributed by atoms with Crippen LogP contribution in [0, 0.1) is 5.92 Å². The highest BCUT2D eigenvalue weighted by atomic mass is 16.5. The first kappa shape index (κ1) is 23.7. The number of fused-ring (bicyclic) bond motifs is 1. The number of hydrogen-bond acceptors (Lipinski definition) is 5. The average molecular weight is 486 g/mol. The van der Waals surface area contributed by atoms with Gasteiger partial charge in [-0.2, -0.15) is 0 Å². The van der Waals surface area contributed by atoms with Crippen molar-refractivity contribution in [3.05, 3.63) is 72.6 Å². The van der Waals surface area contributed by atoms with E-state index in [0.29, 0.717) is 31.0 Å². The maximum absolute atomic E-state index is 12.8. The van der Waals surface area contributed by atoms with Crippen molar-refractivity contribution in [1.82, 2.24) is 14.5 Å². The number of aromatic nitrogens is 2. The molecule has 5 rings (SSSR count). The number of amides is 1. The second kappa shape index (κ2) is 9.93. The second-order valence-corrected chi connectivity index (χ2v) is 9.31. The van der Waals surface area contributed by atoms with Gasteiger partial charge in [0, 0.05) is 32.5 Å². The minimum atomic E-state index is -0.145. The number of aryl methyl sites for hydroxylation is 1. The van der Waals surface area contributed by atoms with E-state index in [9.17, 15) is 4.79 Å². The molecule has 1 fully saturated rings. The van der Waals surface area contributed by atoms with E-state index in [1.807, 2.05) is 59.0 Å². The summed E-state index contributed by atoms with van der Waals surface area (Å²) in [5.74, 6) is 2.36. The van der Waals surface area contributed by atoms with E-state index in [1.165, 1.54) is 0 Å². The number of rotatable bonds is 8. The predicted octanol–water partition coefficient (Wildman–Crippen LogP) is 5.07. The molecule has 1 saturated heterocycles. The summed E-state index contributed by atoms with van der Waals surface area (Å²) in [4.78, 5) is 19.3. The monoisotopic (exact) mass is 485 g/mol. The molecule has 3 aromatic carbocycles. The average Bonchev–Trinajstić information content (AvgIpc) is 3.46. The minimum absolute atomic E-state index is 0.106. The SMILES string of the molecule is COc1ccc(-c2cc(OC(C)C3CC(=O)N(Cc4ccccc4)C3)c3c(c2)ncn3C)cc1OC. The second-order valence-electron chi connectivity index (χ2n) is 9.31. The number of methoxy groups -OCH3 is 2. The Morgan fingerprint density at radius 2 is 1.72 bits per heavy atom. The summed E-state index contributed by atoms with van der Waals surface area (Å²) < 4.78 is 19.4. The highest BCUT2D eigenvalue weighted by Gasteiger charge is 2.34. The van der Waals surface area contributed by atoms with Crippen LogP contribution in [-0.4, -0.2) is 47.2 Å². The van der Waals surface area contributed by atoms with E-state index in [4.69, 9.17) is 14.2 Å². The van der Waals surface area contributed by atoms with Crippen LogP contribution in [0.2, 0.25) is 0 Å². The summed E-state index contributed by atoms with van der Waals surface area (Å²) in [7, 11) is 5.22. The molecule has 7 heteroatoms. The Kier molecular flexibility index (Phi) is 6.55. The molecule has 186 valence electrons. The summed E-state index contributed by atoms with van der Waals surface area (Å²) >= 11 is 0. The number of carbonyl (C=O) groups is 1. The zero-order valence-electron chi connectivity index (χ0n) is 21.1. The molecule has 7 nitrogen and oxygen atoms in total. The molecule has 2 unspecified atom stereocenters. The van der Waals surface area contributed by atoms with Gasteiger partial charge >= 0.3 is 0 Å². The van der Waals surface area contributed by atoms with Gasteiger partial charge in [-0.15, -0.1) is 0 Å². The van der Waals surface area contributed by atoms with Gasteiger partial charge in [-0.05, 0) is 47.9 Å². The first-order valence-corrected chi connectivity index (χ1v) is 12.1. The third-order valence-corrected chi connectivity index (χ3v) is 6.93. The summed E-state index contributed by atoms with van der Waals surface area (Å²) in [5.41, 5.74) is 4.86. The standard InChI is InChI=1S/C29H31N3O4/c1-19(23-15-28(33)32(17-23)16-20-8-6-5-7-9-20)36-27-14-22(12-24-29(27)31(2)18-30-24)21-10-11-25(34-3)26(13-21)35-4/h5-14,18-19,23H,15-17H2,1-4H3. The highest BCUT2D eigenvalue weighted by molar-refractivity contribution is 5.88. The van der Waals surface area contributed by atoms with Gasteiger partial charge in [0.15, 0.2) is 11.5 Å². The molecule has 0 spiro atoms. The van der Waals surface area contributed by atoms with Gasteiger partial charge in [0.25, 0.3) is 0 Å². The van der Waals surface area contributed by atoms with Crippen LogP contribution in [-0.2, 0) is 18.4 Å². The van der Waals surface area contributed by atoms with Crippen LogP contribution >= 0.6 is 0 Å². The third-order valence-electron chi connectivity index (χ3n) is 6.93. The number of ether oxygens (including phenoxy) is 3. The maximum Gasteiger partial charge on any atom is 0.223 e. The third kappa shape index (κ3) is 4.61. The molecule has 1 aliphatic heterocycles. The Morgan fingerprint density at radius 1 is 0.972 bits per heavy atom. The Hall–Kier alpha value is -4.00. The molecule has 2 heterocycles. The Bertz CT molecular complexity index is 1380. The van der Waals surface area contributed by atoms with Crippen molar-refractivity contribution in [3.63, 3.8) is 0 Å². The van der Waals surface area contributed by atoms with Gasteiger partial charge < -0.3 is 23.7 Å². The normalized spacial score (nSPS) is 16.4. The lowest BCUT2D eigenvalue weighted by Crippen LogP contribution is -2.28. The summed E-state index contributed by atoms with van der Waals surface area (Å²) in [6, 6.07) is 20.0. The molecule has 2 atom stereocenters. The van der Waals surface area contributed by atoms with Crippen LogP contribution in [0.5, 0.6) is 17.2 Å². The van der Waals surface area contributed by atoms with Crippen molar-refractivity contribution in [2.24, 2.45) is 13.0 Å². The first-order chi connectivity index (χ1) is 17.5. The van der Waals surface area contributed by atoms with Crippen molar-refractivity contribution in [3.8, 4) is 28.4 Å². The van der Waals surface area contributed by atoms with Gasteiger partial charge in [0.05, 0.1) is 26.1 Å². The summed E-state index contributed by atoms with van der Waals surface area (Å²) in [5, 5.41) is 0. The molecule has 1 amide bonds. The lowest BCUT2D eigenvalue weighted by Gasteiger charge is -2.23. The minimum Gasteiger partial charge on any atom is -0.493 e. The molecule has 1 aromatic heterocycles. The van der Waals surface area contributed by atoms with E-state index >= 15 is 0 Å². The predicted molar refractivity (Wildman–Crippen MR) is 139 cm³/mol. The molecule has 0 N–H and O–H groups in total. The summed E-state index contributed by atoms with van der Waals surface area (Å²) in [6.07, 6.45) is 2.13. The largest absolute Gasteiger partial charge is 0.493 e. The lowest BCUT2D eigenvalue weighted by atomic mass is 10.0. The fraction of sp³-hybridized carbons (Fsp3) is 0.310. The van der Waals surface area contributed by atoms with E-state index in [2.05, 4.69) is 30.1 Å². The van der Waals surface area contributed by atoms with Gasteiger partial charge in [-0.3, -0.25) is 4.79 Å². The molecule has 36 heavy (non-hydrogen) atoms. The van der Waals surface area contributed by atoms with Gasteiger partial charge in [-0.1, -0.05) is 36.4 Å². The van der Waals surface area contributed by atoms with Crippen LogP contribution < -0.4 is 14.2 Å². The van der Waals surface area contributed by atoms with Crippen LogP contribution in [0.1, 0.15) is 18.9 Å². The van der Waals surface area contributed by atoms with Crippen molar-refractivity contribution in [2.75, 3.05) is 20.8 Å². The van der Waals surface area contributed by atoms with E-state index in [-0.39, 0.29) is 17.9 Å². The fourth-order valence-corrected chi connectivity index (χ4v) is 4.90. The quantitative estimate of drug-likeness (QED) is 0.349. The maximum atomic E-state index is 12.8. The van der Waals surface area contributed by atoms with Crippen molar-refractivity contribution < 1.29 is 19.0 Å². The van der Waals surface area contributed by atoms with Crippen LogP contribution in [0.25, 0.3) is 22.2 Å². The fourth-order valence-electron chi connectivity index (χ4n) is 4.90.